The number of halogens is 1. The molecule has 138 valence electrons. The minimum atomic E-state index is -0.130. The van der Waals surface area contributed by atoms with Gasteiger partial charge in [-0.25, -0.2) is 0 Å². The molecule has 2 rings (SSSR count). The molecule has 0 aliphatic carbocycles. The van der Waals surface area contributed by atoms with Crippen molar-refractivity contribution in [2.45, 2.75) is 0 Å². The van der Waals surface area contributed by atoms with Crippen molar-refractivity contribution < 1.29 is 14.3 Å². The Morgan fingerprint density at radius 3 is 2.50 bits per heavy atom. The molecule has 1 amide bonds. The Balaban J connectivity index is 2.17. The fraction of sp³-hybridized carbons (Fsp3) is 0.263. The van der Waals surface area contributed by atoms with E-state index >= 15 is 0 Å². The molecule has 2 aromatic carbocycles. The van der Waals surface area contributed by atoms with E-state index in [9.17, 15) is 4.79 Å². The molecule has 0 aromatic heterocycles. The summed E-state index contributed by atoms with van der Waals surface area (Å²) in [6.07, 6.45) is 1.73. The standard InChI is InChI=1S/C19H22BrN3O3/c1-22(2)18(24)13-26-19-16(20)10-14(11-17(19)25-4)12-21-23(3)15-8-6-5-7-9-15/h5-12H,13H2,1-4H3/b21-12-. The molecule has 2 aromatic rings. The largest absolute Gasteiger partial charge is 0.493 e. The summed E-state index contributed by atoms with van der Waals surface area (Å²) in [4.78, 5) is 13.2. The number of anilines is 1. The third-order valence-corrected chi connectivity index (χ3v) is 4.19. The zero-order valence-corrected chi connectivity index (χ0v) is 16.9. The van der Waals surface area contributed by atoms with Gasteiger partial charge in [0.15, 0.2) is 18.1 Å². The van der Waals surface area contributed by atoms with E-state index in [-0.39, 0.29) is 12.5 Å². The number of ether oxygens (including phenoxy) is 2. The number of benzene rings is 2. The van der Waals surface area contributed by atoms with E-state index in [0.717, 1.165) is 11.3 Å². The van der Waals surface area contributed by atoms with E-state index in [4.69, 9.17) is 9.47 Å². The van der Waals surface area contributed by atoms with Crippen LogP contribution in [0.15, 0.2) is 52.0 Å². The number of hydrogen-bond acceptors (Lipinski definition) is 5. The smallest absolute Gasteiger partial charge is 0.259 e. The maximum absolute atomic E-state index is 11.7. The summed E-state index contributed by atoms with van der Waals surface area (Å²) in [5.74, 6) is 0.875. The molecule has 0 fully saturated rings. The first-order valence-electron chi connectivity index (χ1n) is 7.95. The molecule has 0 saturated heterocycles. The molecule has 0 saturated carbocycles. The molecular weight excluding hydrogens is 398 g/mol. The van der Waals surface area contributed by atoms with Gasteiger partial charge in [-0.2, -0.15) is 5.10 Å². The third kappa shape index (κ3) is 5.23. The molecular formula is C19H22BrN3O3. The zero-order chi connectivity index (χ0) is 19.1. The predicted octanol–water partition coefficient (Wildman–Crippen LogP) is 3.40. The van der Waals surface area contributed by atoms with Crippen molar-refractivity contribution in [2.75, 3.05) is 39.9 Å². The topological polar surface area (TPSA) is 54.4 Å². The number of carbonyl (C=O) groups excluding carboxylic acids is 1. The van der Waals surface area contributed by atoms with Gasteiger partial charge < -0.3 is 14.4 Å². The lowest BCUT2D eigenvalue weighted by molar-refractivity contribution is -0.130. The second kappa shape index (κ2) is 9.24. The van der Waals surface area contributed by atoms with Gasteiger partial charge in [0.25, 0.3) is 5.91 Å². The Kier molecular flexibility index (Phi) is 7.03. The minimum absolute atomic E-state index is 0.0634. The quantitative estimate of drug-likeness (QED) is 0.509. The van der Waals surface area contributed by atoms with E-state index in [0.29, 0.717) is 16.0 Å². The SMILES string of the molecule is COc1cc(/C=N\N(C)c2ccccc2)cc(Br)c1OCC(=O)N(C)C. The normalized spacial score (nSPS) is 10.7. The molecule has 0 N–H and O–H groups in total. The first kappa shape index (κ1) is 19.8. The van der Waals surface area contributed by atoms with Gasteiger partial charge in [-0.1, -0.05) is 18.2 Å². The van der Waals surface area contributed by atoms with E-state index < -0.39 is 0 Å². The average Bonchev–Trinajstić information content (AvgIpc) is 2.65. The molecule has 0 heterocycles. The first-order valence-corrected chi connectivity index (χ1v) is 8.75. The molecule has 0 aliphatic rings. The van der Waals surface area contributed by atoms with Crippen LogP contribution in [0.2, 0.25) is 0 Å². The predicted molar refractivity (Wildman–Crippen MR) is 107 cm³/mol. The van der Waals surface area contributed by atoms with Gasteiger partial charge in [-0.15, -0.1) is 0 Å². The maximum atomic E-state index is 11.7. The number of rotatable bonds is 7. The van der Waals surface area contributed by atoms with Gasteiger partial charge in [-0.05, 0) is 45.8 Å². The number of likely N-dealkylation sites (N-methyl/N-ethyl adjacent to an activating group) is 1. The van der Waals surface area contributed by atoms with Crippen molar-refractivity contribution in [3.05, 3.63) is 52.5 Å². The van der Waals surface area contributed by atoms with Gasteiger partial charge in [0.1, 0.15) is 0 Å². The van der Waals surface area contributed by atoms with Crippen LogP contribution in [0, 0.1) is 0 Å². The van der Waals surface area contributed by atoms with Crippen molar-refractivity contribution in [3.8, 4) is 11.5 Å². The van der Waals surface area contributed by atoms with Crippen LogP contribution in [0.1, 0.15) is 5.56 Å². The molecule has 0 atom stereocenters. The highest BCUT2D eigenvalue weighted by Gasteiger charge is 2.14. The number of methoxy groups -OCH3 is 1. The molecule has 7 heteroatoms. The Hall–Kier alpha value is -2.54. The summed E-state index contributed by atoms with van der Waals surface area (Å²) in [7, 11) is 6.80. The van der Waals surface area contributed by atoms with E-state index in [1.807, 2.05) is 49.5 Å². The van der Waals surface area contributed by atoms with E-state index in [1.165, 1.54) is 4.90 Å². The summed E-state index contributed by atoms with van der Waals surface area (Å²) < 4.78 is 11.7. The molecule has 6 nitrogen and oxygen atoms in total. The van der Waals surface area contributed by atoms with Gasteiger partial charge >= 0.3 is 0 Å². The Labute approximate surface area is 162 Å². The third-order valence-electron chi connectivity index (χ3n) is 3.60. The number of amides is 1. The molecule has 0 aliphatic heterocycles. The van der Waals surface area contributed by atoms with Gasteiger partial charge in [0.05, 0.1) is 23.5 Å². The second-order valence-corrected chi connectivity index (χ2v) is 6.57. The molecule has 0 unspecified atom stereocenters. The highest BCUT2D eigenvalue weighted by atomic mass is 79.9. The average molecular weight is 420 g/mol. The van der Waals surface area contributed by atoms with E-state index in [2.05, 4.69) is 21.0 Å². The van der Waals surface area contributed by atoms with Crippen LogP contribution < -0.4 is 14.5 Å². The fourth-order valence-electron chi connectivity index (χ4n) is 2.08. The lowest BCUT2D eigenvalue weighted by Gasteiger charge is -2.16. The van der Waals surface area contributed by atoms with Crippen LogP contribution in [-0.4, -0.2) is 51.9 Å². The highest BCUT2D eigenvalue weighted by Crippen LogP contribution is 2.36. The van der Waals surface area contributed by atoms with Crippen LogP contribution in [0.5, 0.6) is 11.5 Å². The first-order chi connectivity index (χ1) is 12.4. The lowest BCUT2D eigenvalue weighted by Crippen LogP contribution is -2.27. The van der Waals surface area contributed by atoms with Crippen LogP contribution in [-0.2, 0) is 4.79 Å². The number of hydrazone groups is 1. The van der Waals surface area contributed by atoms with Crippen molar-refractivity contribution in [2.24, 2.45) is 5.10 Å². The van der Waals surface area contributed by atoms with E-state index in [1.54, 1.807) is 32.4 Å². The highest BCUT2D eigenvalue weighted by molar-refractivity contribution is 9.10. The summed E-state index contributed by atoms with van der Waals surface area (Å²) in [5.41, 5.74) is 1.82. The number of nitrogens with zero attached hydrogens (tertiary/aromatic N) is 3. The Morgan fingerprint density at radius 2 is 1.88 bits per heavy atom. The van der Waals surface area contributed by atoms with Crippen molar-refractivity contribution in [1.82, 2.24) is 4.90 Å². The monoisotopic (exact) mass is 419 g/mol. The second-order valence-electron chi connectivity index (χ2n) is 5.71. The van der Waals surface area contributed by atoms with Gasteiger partial charge in [0, 0.05) is 21.1 Å². The maximum Gasteiger partial charge on any atom is 0.259 e. The molecule has 0 radical (unpaired) electrons. The van der Waals surface area contributed by atoms with Gasteiger partial charge in [0.2, 0.25) is 0 Å². The number of hydrogen-bond donors (Lipinski definition) is 0. The lowest BCUT2D eigenvalue weighted by atomic mass is 10.2. The Bertz CT molecular complexity index is 779. The zero-order valence-electron chi connectivity index (χ0n) is 15.3. The van der Waals surface area contributed by atoms with Crippen LogP contribution in [0.4, 0.5) is 5.69 Å². The van der Waals surface area contributed by atoms with Crippen molar-refractivity contribution >= 4 is 33.7 Å². The molecule has 0 bridgehead atoms. The number of para-hydroxylation sites is 1. The summed E-state index contributed by atoms with van der Waals surface area (Å²) in [6, 6.07) is 13.5. The van der Waals surface area contributed by atoms with Crippen LogP contribution in [0.3, 0.4) is 0 Å². The molecule has 0 spiro atoms. The Morgan fingerprint density at radius 1 is 1.19 bits per heavy atom. The van der Waals surface area contributed by atoms with Crippen LogP contribution >= 0.6 is 15.9 Å². The van der Waals surface area contributed by atoms with Gasteiger partial charge in [-0.3, -0.25) is 9.80 Å². The molecule has 26 heavy (non-hydrogen) atoms. The fourth-order valence-corrected chi connectivity index (χ4v) is 2.66. The minimum Gasteiger partial charge on any atom is -0.493 e. The van der Waals surface area contributed by atoms with Crippen molar-refractivity contribution in [3.63, 3.8) is 0 Å². The summed E-state index contributed by atoms with van der Waals surface area (Å²) in [5, 5.41) is 6.22. The summed E-state index contributed by atoms with van der Waals surface area (Å²) >= 11 is 3.47. The van der Waals surface area contributed by atoms with Crippen molar-refractivity contribution in [1.29, 1.82) is 0 Å². The summed E-state index contributed by atoms with van der Waals surface area (Å²) in [6.45, 7) is -0.0634. The number of carbonyl (C=O) groups is 1. The van der Waals surface area contributed by atoms with Crippen LogP contribution in [0.25, 0.3) is 0 Å².